The van der Waals surface area contributed by atoms with Gasteiger partial charge in [0.2, 0.25) is 0 Å². The average molecular weight is 291 g/mol. The smallest absolute Gasteiger partial charge is 0.260 e. The summed E-state index contributed by atoms with van der Waals surface area (Å²) >= 11 is 5.84. The van der Waals surface area contributed by atoms with Crippen LogP contribution in [0.5, 0.6) is 0 Å². The SMILES string of the molecule is O=C(Nc1ccc2nncn2c1)c1c(F)cccc1Cl. The summed E-state index contributed by atoms with van der Waals surface area (Å²) in [5.41, 5.74) is 0.951. The first-order valence-corrected chi connectivity index (χ1v) is 6.08. The van der Waals surface area contributed by atoms with Crippen LogP contribution in [0.3, 0.4) is 0 Å². The molecule has 0 radical (unpaired) electrons. The van der Waals surface area contributed by atoms with E-state index in [1.54, 1.807) is 22.7 Å². The lowest BCUT2D eigenvalue weighted by Gasteiger charge is -2.07. The second kappa shape index (κ2) is 4.90. The van der Waals surface area contributed by atoms with Crippen LogP contribution >= 0.6 is 11.6 Å². The highest BCUT2D eigenvalue weighted by Gasteiger charge is 2.15. The molecule has 20 heavy (non-hydrogen) atoms. The summed E-state index contributed by atoms with van der Waals surface area (Å²) < 4.78 is 15.3. The monoisotopic (exact) mass is 290 g/mol. The Labute approximate surface area is 118 Å². The molecular formula is C13H8ClFN4O. The fourth-order valence-electron chi connectivity index (χ4n) is 1.81. The molecule has 1 aromatic carbocycles. The van der Waals surface area contributed by atoms with Crippen LogP contribution in [0.15, 0.2) is 42.9 Å². The molecule has 0 fully saturated rings. The summed E-state index contributed by atoms with van der Waals surface area (Å²) in [7, 11) is 0. The van der Waals surface area contributed by atoms with Crippen molar-refractivity contribution in [1.29, 1.82) is 0 Å². The lowest BCUT2D eigenvalue weighted by atomic mass is 10.2. The largest absolute Gasteiger partial charge is 0.321 e. The summed E-state index contributed by atoms with van der Waals surface area (Å²) in [6, 6.07) is 7.42. The van der Waals surface area contributed by atoms with Gasteiger partial charge in [-0.2, -0.15) is 0 Å². The number of fused-ring (bicyclic) bond motifs is 1. The Morgan fingerprint density at radius 3 is 2.95 bits per heavy atom. The summed E-state index contributed by atoms with van der Waals surface area (Å²) in [6.07, 6.45) is 3.13. The number of carbonyl (C=O) groups excluding carboxylic acids is 1. The number of amides is 1. The minimum Gasteiger partial charge on any atom is -0.321 e. The van der Waals surface area contributed by atoms with Crippen molar-refractivity contribution in [3.8, 4) is 0 Å². The molecule has 0 bridgehead atoms. The van der Waals surface area contributed by atoms with Crippen molar-refractivity contribution in [2.75, 3.05) is 5.32 Å². The van der Waals surface area contributed by atoms with Crippen molar-refractivity contribution in [3.05, 3.63) is 59.3 Å². The third-order valence-electron chi connectivity index (χ3n) is 2.74. The topological polar surface area (TPSA) is 59.3 Å². The van der Waals surface area contributed by atoms with Gasteiger partial charge in [0.1, 0.15) is 12.1 Å². The van der Waals surface area contributed by atoms with Crippen LogP contribution in [0.25, 0.3) is 5.65 Å². The number of hydrogen-bond donors (Lipinski definition) is 1. The minimum absolute atomic E-state index is 0.0628. The first kappa shape index (κ1) is 12.6. The van der Waals surface area contributed by atoms with Crippen molar-refractivity contribution in [2.45, 2.75) is 0 Å². The molecule has 0 unspecified atom stereocenters. The van der Waals surface area contributed by atoms with Crippen molar-refractivity contribution in [3.63, 3.8) is 0 Å². The summed E-state index contributed by atoms with van der Waals surface area (Å²) in [4.78, 5) is 12.1. The van der Waals surface area contributed by atoms with Crippen LogP contribution in [0.4, 0.5) is 10.1 Å². The fraction of sp³-hybridized carbons (Fsp3) is 0. The average Bonchev–Trinajstić information content (AvgIpc) is 2.85. The number of hydrogen-bond acceptors (Lipinski definition) is 3. The Bertz CT molecular complexity index is 782. The molecular weight excluding hydrogens is 283 g/mol. The van der Waals surface area contributed by atoms with Gasteiger partial charge in [-0.05, 0) is 24.3 Å². The van der Waals surface area contributed by atoms with E-state index in [1.807, 2.05) is 0 Å². The van der Waals surface area contributed by atoms with E-state index < -0.39 is 11.7 Å². The molecule has 3 aromatic rings. The van der Waals surface area contributed by atoms with E-state index in [0.29, 0.717) is 11.3 Å². The second-order valence-electron chi connectivity index (χ2n) is 4.06. The maximum absolute atomic E-state index is 13.6. The van der Waals surface area contributed by atoms with E-state index in [0.717, 1.165) is 0 Å². The van der Waals surface area contributed by atoms with Crippen molar-refractivity contribution >= 4 is 28.8 Å². The first-order chi connectivity index (χ1) is 9.65. The number of benzene rings is 1. The predicted molar refractivity (Wildman–Crippen MR) is 72.4 cm³/mol. The van der Waals surface area contributed by atoms with E-state index in [-0.39, 0.29) is 10.6 Å². The number of halogens is 2. The quantitative estimate of drug-likeness (QED) is 0.789. The van der Waals surface area contributed by atoms with Gasteiger partial charge in [-0.1, -0.05) is 17.7 Å². The minimum atomic E-state index is -0.666. The maximum Gasteiger partial charge on any atom is 0.260 e. The van der Waals surface area contributed by atoms with Gasteiger partial charge in [0, 0.05) is 6.20 Å². The highest BCUT2D eigenvalue weighted by Crippen LogP contribution is 2.20. The molecule has 0 atom stereocenters. The Morgan fingerprint density at radius 1 is 1.30 bits per heavy atom. The second-order valence-corrected chi connectivity index (χ2v) is 4.47. The zero-order valence-corrected chi connectivity index (χ0v) is 10.8. The predicted octanol–water partition coefficient (Wildman–Crippen LogP) is 2.77. The Balaban J connectivity index is 1.92. The number of nitrogens with zero attached hydrogens (tertiary/aromatic N) is 3. The van der Waals surface area contributed by atoms with Gasteiger partial charge in [0.25, 0.3) is 5.91 Å². The molecule has 5 nitrogen and oxygen atoms in total. The van der Waals surface area contributed by atoms with Crippen LogP contribution in [-0.4, -0.2) is 20.5 Å². The van der Waals surface area contributed by atoms with E-state index in [4.69, 9.17) is 11.6 Å². The maximum atomic E-state index is 13.6. The molecule has 3 rings (SSSR count). The van der Waals surface area contributed by atoms with Crippen LogP contribution in [-0.2, 0) is 0 Å². The molecule has 0 spiro atoms. The summed E-state index contributed by atoms with van der Waals surface area (Å²) in [6.45, 7) is 0. The number of anilines is 1. The number of pyridine rings is 1. The number of rotatable bonds is 2. The van der Waals surface area contributed by atoms with Crippen molar-refractivity contribution in [1.82, 2.24) is 14.6 Å². The van der Waals surface area contributed by atoms with Crippen molar-refractivity contribution in [2.24, 2.45) is 0 Å². The van der Waals surface area contributed by atoms with E-state index in [1.165, 1.54) is 24.5 Å². The highest BCUT2D eigenvalue weighted by molar-refractivity contribution is 6.34. The van der Waals surface area contributed by atoms with Crippen molar-refractivity contribution < 1.29 is 9.18 Å². The molecule has 0 aliphatic rings. The highest BCUT2D eigenvalue weighted by atomic mass is 35.5. The number of aromatic nitrogens is 3. The molecule has 0 aliphatic heterocycles. The van der Waals surface area contributed by atoms with Gasteiger partial charge in [0.15, 0.2) is 5.65 Å². The molecule has 1 N–H and O–H groups in total. The Hall–Kier alpha value is -2.47. The van der Waals surface area contributed by atoms with Gasteiger partial charge < -0.3 is 5.32 Å². The molecule has 100 valence electrons. The third kappa shape index (κ3) is 2.21. The molecule has 7 heteroatoms. The van der Waals surface area contributed by atoms with E-state index >= 15 is 0 Å². The zero-order chi connectivity index (χ0) is 14.1. The van der Waals surface area contributed by atoms with Gasteiger partial charge >= 0.3 is 0 Å². The van der Waals surface area contributed by atoms with E-state index in [2.05, 4.69) is 15.5 Å². The standard InChI is InChI=1S/C13H8ClFN4O/c14-9-2-1-3-10(15)12(9)13(20)17-8-4-5-11-18-16-7-19(11)6-8/h1-7H,(H,17,20). The fourth-order valence-corrected chi connectivity index (χ4v) is 2.06. The van der Waals surface area contributed by atoms with Gasteiger partial charge in [-0.25, -0.2) is 4.39 Å². The number of carbonyl (C=O) groups is 1. The van der Waals surface area contributed by atoms with Crippen LogP contribution in [0, 0.1) is 5.82 Å². The van der Waals surface area contributed by atoms with Gasteiger partial charge in [-0.3, -0.25) is 9.20 Å². The molecule has 1 amide bonds. The van der Waals surface area contributed by atoms with Crippen LogP contribution in [0.2, 0.25) is 5.02 Å². The summed E-state index contributed by atoms with van der Waals surface area (Å²) in [5.74, 6) is -1.28. The van der Waals surface area contributed by atoms with Gasteiger partial charge in [0.05, 0.1) is 16.3 Å². The zero-order valence-electron chi connectivity index (χ0n) is 10.0. The Kier molecular flexibility index (Phi) is 3.08. The first-order valence-electron chi connectivity index (χ1n) is 5.70. The third-order valence-corrected chi connectivity index (χ3v) is 3.05. The molecule has 0 aliphatic carbocycles. The molecule has 2 heterocycles. The molecule has 0 saturated carbocycles. The van der Waals surface area contributed by atoms with E-state index in [9.17, 15) is 9.18 Å². The van der Waals surface area contributed by atoms with Crippen LogP contribution < -0.4 is 5.32 Å². The van der Waals surface area contributed by atoms with Gasteiger partial charge in [-0.15, -0.1) is 10.2 Å². The lowest BCUT2D eigenvalue weighted by Crippen LogP contribution is -2.14. The summed E-state index contributed by atoms with van der Waals surface area (Å²) in [5, 5.41) is 10.2. The molecule has 2 aromatic heterocycles. The molecule has 0 saturated heterocycles. The Morgan fingerprint density at radius 2 is 2.15 bits per heavy atom. The lowest BCUT2D eigenvalue weighted by molar-refractivity contribution is 0.102. The normalized spacial score (nSPS) is 10.7. The number of nitrogens with one attached hydrogen (secondary N) is 1. The van der Waals surface area contributed by atoms with Crippen LogP contribution in [0.1, 0.15) is 10.4 Å².